The molecule has 0 unspecified atom stereocenters. The van der Waals surface area contributed by atoms with Crippen LogP contribution in [0, 0.1) is 0 Å². The summed E-state index contributed by atoms with van der Waals surface area (Å²) in [5, 5.41) is 3.42. The summed E-state index contributed by atoms with van der Waals surface area (Å²) in [5.74, 6) is 1.76. The van der Waals surface area contributed by atoms with E-state index >= 15 is 0 Å². The molecule has 1 heterocycles. The van der Waals surface area contributed by atoms with Crippen LogP contribution in [-0.4, -0.2) is 5.54 Å². The Balaban J connectivity index is 1.97. The van der Waals surface area contributed by atoms with Crippen molar-refractivity contribution in [1.82, 2.24) is 5.32 Å². The van der Waals surface area contributed by atoms with Gasteiger partial charge in [-0.1, -0.05) is 12.1 Å². The zero-order valence-electron chi connectivity index (χ0n) is 12.1. The summed E-state index contributed by atoms with van der Waals surface area (Å²) >= 11 is 3.48. The van der Waals surface area contributed by atoms with Crippen LogP contribution >= 0.6 is 15.9 Å². The molecule has 1 aromatic carbocycles. The highest BCUT2D eigenvalue weighted by molar-refractivity contribution is 9.10. The first kappa shape index (κ1) is 15.1. The molecule has 0 radical (unpaired) electrons. The van der Waals surface area contributed by atoms with Crippen molar-refractivity contribution in [2.75, 3.05) is 0 Å². The van der Waals surface area contributed by atoms with Crippen LogP contribution in [0.1, 0.15) is 32.1 Å². The number of benzene rings is 1. The van der Waals surface area contributed by atoms with Crippen LogP contribution in [0.2, 0.25) is 0 Å². The predicted molar refractivity (Wildman–Crippen MR) is 83.8 cm³/mol. The van der Waals surface area contributed by atoms with E-state index in [9.17, 15) is 0 Å². The highest BCUT2D eigenvalue weighted by Crippen LogP contribution is 2.25. The van der Waals surface area contributed by atoms with Gasteiger partial charge in [0, 0.05) is 11.1 Å². The third kappa shape index (κ3) is 4.39. The molecular weight excluding hydrogens is 318 g/mol. The Morgan fingerprint density at radius 2 is 1.95 bits per heavy atom. The second-order valence-electron chi connectivity index (χ2n) is 5.69. The second-order valence-corrected chi connectivity index (χ2v) is 6.55. The van der Waals surface area contributed by atoms with Gasteiger partial charge in [0.05, 0.1) is 17.3 Å². The van der Waals surface area contributed by atoms with Crippen LogP contribution in [0.5, 0.6) is 5.75 Å². The summed E-state index contributed by atoms with van der Waals surface area (Å²) in [6.45, 7) is 7.60. The second kappa shape index (κ2) is 6.46. The Labute approximate surface area is 128 Å². The molecule has 1 N–H and O–H groups in total. The maximum atomic E-state index is 5.82. The van der Waals surface area contributed by atoms with Crippen LogP contribution in [0.3, 0.4) is 0 Å². The molecule has 2 rings (SSSR count). The Morgan fingerprint density at radius 3 is 2.65 bits per heavy atom. The first-order valence-electron chi connectivity index (χ1n) is 6.63. The molecule has 3 nitrogen and oxygen atoms in total. The number of halogens is 1. The Morgan fingerprint density at radius 1 is 1.20 bits per heavy atom. The summed E-state index contributed by atoms with van der Waals surface area (Å²) in [6, 6.07) is 9.78. The average Bonchev–Trinajstić information content (AvgIpc) is 2.82. The lowest BCUT2D eigenvalue weighted by Gasteiger charge is -2.20. The largest absolute Gasteiger partial charge is 0.488 e. The molecule has 0 aliphatic heterocycles. The number of para-hydroxylation sites is 1. The number of hydrogen-bond acceptors (Lipinski definition) is 3. The SMILES string of the molecule is CC(C)(C)NCc1occc1COc1ccccc1Br. The quantitative estimate of drug-likeness (QED) is 0.871. The highest BCUT2D eigenvalue weighted by atomic mass is 79.9. The lowest BCUT2D eigenvalue weighted by atomic mass is 10.1. The third-order valence-electron chi connectivity index (χ3n) is 2.84. The number of nitrogens with one attached hydrogen (secondary N) is 1. The molecule has 0 fully saturated rings. The zero-order valence-corrected chi connectivity index (χ0v) is 13.7. The van der Waals surface area contributed by atoms with Crippen LogP contribution < -0.4 is 10.1 Å². The van der Waals surface area contributed by atoms with E-state index in [0.717, 1.165) is 21.5 Å². The van der Waals surface area contributed by atoms with Crippen LogP contribution in [0.15, 0.2) is 45.5 Å². The van der Waals surface area contributed by atoms with Gasteiger partial charge in [-0.05, 0) is 54.9 Å². The van der Waals surface area contributed by atoms with Gasteiger partial charge in [0.15, 0.2) is 0 Å². The Kier molecular flexibility index (Phi) is 4.89. The summed E-state index contributed by atoms with van der Waals surface area (Å²) in [5.41, 5.74) is 1.13. The normalized spacial score (nSPS) is 11.6. The van der Waals surface area contributed by atoms with Crippen molar-refractivity contribution in [3.63, 3.8) is 0 Å². The van der Waals surface area contributed by atoms with Crippen molar-refractivity contribution in [1.29, 1.82) is 0 Å². The monoisotopic (exact) mass is 337 g/mol. The van der Waals surface area contributed by atoms with Gasteiger partial charge in [-0.25, -0.2) is 0 Å². The molecule has 0 amide bonds. The molecule has 0 bridgehead atoms. The lowest BCUT2D eigenvalue weighted by molar-refractivity contribution is 0.297. The standard InChI is InChI=1S/C16H20BrNO2/c1-16(2,3)18-10-15-12(8-9-19-15)11-20-14-7-5-4-6-13(14)17/h4-9,18H,10-11H2,1-3H3. The first-order chi connectivity index (χ1) is 9.46. The van der Waals surface area contributed by atoms with Crippen molar-refractivity contribution in [3.05, 3.63) is 52.4 Å². The van der Waals surface area contributed by atoms with Gasteiger partial charge in [-0.15, -0.1) is 0 Å². The first-order valence-corrected chi connectivity index (χ1v) is 7.42. The Bertz CT molecular complexity index is 558. The van der Waals surface area contributed by atoms with E-state index in [1.54, 1.807) is 6.26 Å². The minimum absolute atomic E-state index is 0.0629. The van der Waals surface area contributed by atoms with Crippen LogP contribution in [-0.2, 0) is 13.2 Å². The molecule has 108 valence electrons. The van der Waals surface area contributed by atoms with Crippen molar-refractivity contribution in [2.45, 2.75) is 39.5 Å². The summed E-state index contributed by atoms with van der Waals surface area (Å²) in [7, 11) is 0. The molecule has 0 atom stereocenters. The summed E-state index contributed by atoms with van der Waals surface area (Å²) in [4.78, 5) is 0. The van der Waals surface area contributed by atoms with E-state index in [2.05, 4.69) is 42.0 Å². The highest BCUT2D eigenvalue weighted by Gasteiger charge is 2.13. The molecule has 4 heteroatoms. The molecular formula is C16H20BrNO2. The van der Waals surface area contributed by atoms with E-state index in [1.165, 1.54) is 0 Å². The van der Waals surface area contributed by atoms with Gasteiger partial charge in [-0.3, -0.25) is 0 Å². The average molecular weight is 338 g/mol. The fourth-order valence-electron chi connectivity index (χ4n) is 1.71. The number of hydrogen-bond donors (Lipinski definition) is 1. The fourth-order valence-corrected chi connectivity index (χ4v) is 2.11. The minimum Gasteiger partial charge on any atom is -0.488 e. The molecule has 0 saturated carbocycles. The smallest absolute Gasteiger partial charge is 0.133 e. The number of rotatable bonds is 5. The zero-order chi connectivity index (χ0) is 14.6. The number of furan rings is 1. The van der Waals surface area contributed by atoms with Gasteiger partial charge in [-0.2, -0.15) is 0 Å². The fraction of sp³-hybridized carbons (Fsp3) is 0.375. The van der Waals surface area contributed by atoms with E-state index < -0.39 is 0 Å². The lowest BCUT2D eigenvalue weighted by Crippen LogP contribution is -2.35. The molecule has 1 aromatic heterocycles. The van der Waals surface area contributed by atoms with E-state index in [4.69, 9.17) is 9.15 Å². The van der Waals surface area contributed by atoms with Gasteiger partial charge >= 0.3 is 0 Å². The van der Waals surface area contributed by atoms with Crippen molar-refractivity contribution in [2.24, 2.45) is 0 Å². The van der Waals surface area contributed by atoms with E-state index in [0.29, 0.717) is 13.2 Å². The van der Waals surface area contributed by atoms with Crippen LogP contribution in [0.25, 0.3) is 0 Å². The predicted octanol–water partition coefficient (Wildman–Crippen LogP) is 4.51. The molecule has 0 spiro atoms. The van der Waals surface area contributed by atoms with Gasteiger partial charge in [0.25, 0.3) is 0 Å². The van der Waals surface area contributed by atoms with Crippen molar-refractivity contribution in [3.8, 4) is 5.75 Å². The van der Waals surface area contributed by atoms with Gasteiger partial charge in [0.1, 0.15) is 18.1 Å². The van der Waals surface area contributed by atoms with E-state index in [-0.39, 0.29) is 5.54 Å². The Hall–Kier alpha value is -1.26. The van der Waals surface area contributed by atoms with Crippen LogP contribution in [0.4, 0.5) is 0 Å². The molecule has 0 aliphatic carbocycles. The molecule has 20 heavy (non-hydrogen) atoms. The minimum atomic E-state index is 0.0629. The maximum Gasteiger partial charge on any atom is 0.133 e. The van der Waals surface area contributed by atoms with Gasteiger partial charge in [0.2, 0.25) is 0 Å². The molecule has 0 aliphatic rings. The maximum absolute atomic E-state index is 5.82. The van der Waals surface area contributed by atoms with Crippen molar-refractivity contribution < 1.29 is 9.15 Å². The molecule has 2 aromatic rings. The van der Waals surface area contributed by atoms with E-state index in [1.807, 2.05) is 30.3 Å². The molecule has 0 saturated heterocycles. The van der Waals surface area contributed by atoms with Gasteiger partial charge < -0.3 is 14.5 Å². The summed E-state index contributed by atoms with van der Waals surface area (Å²) < 4.78 is 12.3. The number of ether oxygens (including phenoxy) is 1. The van der Waals surface area contributed by atoms with Crippen molar-refractivity contribution >= 4 is 15.9 Å². The topological polar surface area (TPSA) is 34.4 Å². The third-order valence-corrected chi connectivity index (χ3v) is 3.49. The summed E-state index contributed by atoms with van der Waals surface area (Å²) in [6.07, 6.45) is 1.71.